The first-order chi connectivity index (χ1) is 16.1. The fourth-order valence-corrected chi connectivity index (χ4v) is 4.81. The number of hydrogen-bond acceptors (Lipinski definition) is 3. The highest BCUT2D eigenvalue weighted by atomic mass is 35.5. The van der Waals surface area contributed by atoms with Crippen LogP contribution >= 0.6 is 23.8 Å². The van der Waals surface area contributed by atoms with Gasteiger partial charge in [0, 0.05) is 29.5 Å². The molecule has 0 aliphatic carbocycles. The van der Waals surface area contributed by atoms with Crippen LogP contribution in [0.1, 0.15) is 23.5 Å². The lowest BCUT2D eigenvalue weighted by atomic mass is 10.0. The molecule has 0 radical (unpaired) electrons. The van der Waals surface area contributed by atoms with Crippen molar-refractivity contribution in [2.45, 2.75) is 12.1 Å². The summed E-state index contributed by atoms with van der Waals surface area (Å²) in [5.74, 6) is 0.308. The third-order valence-electron chi connectivity index (χ3n) is 5.70. The molecule has 1 N–H and O–H groups in total. The van der Waals surface area contributed by atoms with Gasteiger partial charge in [0.1, 0.15) is 17.6 Å². The molecule has 5 rings (SSSR count). The summed E-state index contributed by atoms with van der Waals surface area (Å²) in [4.78, 5) is 6.63. The van der Waals surface area contributed by atoms with Crippen molar-refractivity contribution in [3.63, 3.8) is 0 Å². The minimum Gasteiger partial charge on any atom is -0.495 e. The van der Waals surface area contributed by atoms with Gasteiger partial charge < -0.3 is 19.5 Å². The van der Waals surface area contributed by atoms with Crippen LogP contribution in [0.2, 0.25) is 5.02 Å². The number of hydrogen-bond donors (Lipinski definition) is 1. The van der Waals surface area contributed by atoms with Crippen molar-refractivity contribution in [3.05, 3.63) is 107 Å². The van der Waals surface area contributed by atoms with E-state index in [0.29, 0.717) is 15.9 Å². The monoisotopic (exact) mass is 478 g/mol. The van der Waals surface area contributed by atoms with Gasteiger partial charge in [0.2, 0.25) is 0 Å². The molecule has 4 aromatic rings. The Hall–Kier alpha value is -3.42. The van der Waals surface area contributed by atoms with Crippen LogP contribution in [0.25, 0.3) is 5.69 Å². The van der Waals surface area contributed by atoms with Crippen LogP contribution in [0.4, 0.5) is 10.1 Å². The quantitative estimate of drug-likeness (QED) is 0.364. The zero-order chi connectivity index (χ0) is 22.9. The van der Waals surface area contributed by atoms with E-state index in [-0.39, 0.29) is 17.9 Å². The standard InChI is InChI=1S/C25H20ClFN4OS/c1-32-22-12-11-18(15-19(22)26)31-24(23(29-25(31)33)20-5-2-3-13-28-20)21-6-4-14-30(21)17-9-7-16(27)8-10-17/h2-15,23-24H,1H3,(H,29,33)/t23-,24-/m0/s1. The van der Waals surface area contributed by atoms with Crippen LogP contribution in [0.15, 0.2) is 85.2 Å². The summed E-state index contributed by atoms with van der Waals surface area (Å²) in [5, 5.41) is 4.49. The maximum Gasteiger partial charge on any atom is 0.174 e. The number of rotatable bonds is 5. The lowest BCUT2D eigenvalue weighted by molar-refractivity contribution is 0.415. The fraction of sp³-hybridized carbons (Fsp3) is 0.120. The fourth-order valence-electron chi connectivity index (χ4n) is 4.21. The Morgan fingerprint density at radius 2 is 1.82 bits per heavy atom. The molecule has 2 aromatic carbocycles. The predicted octanol–water partition coefficient (Wildman–Crippen LogP) is 5.85. The molecule has 3 heterocycles. The number of aromatic nitrogens is 2. The van der Waals surface area contributed by atoms with E-state index >= 15 is 0 Å². The molecule has 0 bridgehead atoms. The number of anilines is 1. The van der Waals surface area contributed by atoms with Gasteiger partial charge >= 0.3 is 0 Å². The summed E-state index contributed by atoms with van der Waals surface area (Å²) in [5.41, 5.74) is 3.51. The molecule has 1 aliphatic rings. The van der Waals surface area contributed by atoms with Gasteiger partial charge in [-0.1, -0.05) is 17.7 Å². The molecule has 8 heteroatoms. The van der Waals surface area contributed by atoms with Crippen molar-refractivity contribution in [1.29, 1.82) is 0 Å². The number of benzene rings is 2. The van der Waals surface area contributed by atoms with E-state index in [0.717, 1.165) is 22.8 Å². The van der Waals surface area contributed by atoms with E-state index in [9.17, 15) is 4.39 Å². The van der Waals surface area contributed by atoms with Crippen molar-refractivity contribution < 1.29 is 9.13 Å². The summed E-state index contributed by atoms with van der Waals surface area (Å²) in [7, 11) is 1.58. The largest absolute Gasteiger partial charge is 0.495 e. The van der Waals surface area contributed by atoms with E-state index < -0.39 is 0 Å². The van der Waals surface area contributed by atoms with Crippen LogP contribution in [-0.2, 0) is 0 Å². The molecule has 1 saturated heterocycles. The minimum atomic E-state index is -0.281. The number of pyridine rings is 1. The molecule has 1 fully saturated rings. The second-order valence-electron chi connectivity index (χ2n) is 7.59. The first-order valence-electron chi connectivity index (χ1n) is 10.3. The summed E-state index contributed by atoms with van der Waals surface area (Å²) < 4.78 is 20.9. The van der Waals surface area contributed by atoms with Crippen molar-refractivity contribution in [1.82, 2.24) is 14.9 Å². The first-order valence-corrected chi connectivity index (χ1v) is 11.1. The van der Waals surface area contributed by atoms with E-state index in [1.807, 2.05) is 64.2 Å². The van der Waals surface area contributed by atoms with Crippen LogP contribution < -0.4 is 15.0 Å². The number of nitrogens with zero attached hydrogens (tertiary/aromatic N) is 3. The molecule has 2 atom stereocenters. The Kier molecular flexibility index (Phi) is 5.74. The molecule has 1 aliphatic heterocycles. The van der Waals surface area contributed by atoms with Crippen molar-refractivity contribution in [2.24, 2.45) is 0 Å². The molecule has 5 nitrogen and oxygen atoms in total. The Bertz CT molecular complexity index is 1300. The van der Waals surface area contributed by atoms with E-state index in [1.54, 1.807) is 25.4 Å². The number of ether oxygens (including phenoxy) is 1. The van der Waals surface area contributed by atoms with Gasteiger partial charge in [0.25, 0.3) is 0 Å². The molecule has 0 unspecified atom stereocenters. The van der Waals surface area contributed by atoms with Crippen LogP contribution in [0.5, 0.6) is 5.75 Å². The normalized spacial score (nSPS) is 17.8. The predicted molar refractivity (Wildman–Crippen MR) is 132 cm³/mol. The SMILES string of the molecule is COc1ccc(N2C(=S)N[C@@H](c3ccccn3)[C@@H]2c2cccn2-c2ccc(F)cc2)cc1Cl. The topological polar surface area (TPSA) is 42.3 Å². The second kappa shape index (κ2) is 8.84. The molecule has 0 saturated carbocycles. The molecular formula is C25H20ClFN4OS. The summed E-state index contributed by atoms with van der Waals surface area (Å²) >= 11 is 12.2. The zero-order valence-electron chi connectivity index (χ0n) is 17.7. The Morgan fingerprint density at radius 3 is 2.52 bits per heavy atom. The minimum absolute atomic E-state index is 0.214. The van der Waals surface area contributed by atoms with Crippen LogP contribution in [0, 0.1) is 5.82 Å². The third-order valence-corrected chi connectivity index (χ3v) is 6.31. The molecule has 0 amide bonds. The Labute approximate surface area is 201 Å². The van der Waals surface area contributed by atoms with Crippen LogP contribution in [-0.4, -0.2) is 21.8 Å². The number of nitrogens with one attached hydrogen (secondary N) is 1. The van der Waals surface area contributed by atoms with Gasteiger partial charge in [-0.25, -0.2) is 4.39 Å². The maximum absolute atomic E-state index is 13.6. The Balaban J connectivity index is 1.66. The zero-order valence-corrected chi connectivity index (χ0v) is 19.2. The van der Waals surface area contributed by atoms with Crippen molar-refractivity contribution in [2.75, 3.05) is 12.0 Å². The molecule has 33 heavy (non-hydrogen) atoms. The summed E-state index contributed by atoms with van der Waals surface area (Å²) in [6.45, 7) is 0. The maximum atomic E-state index is 13.6. The molecule has 166 valence electrons. The van der Waals surface area contributed by atoms with E-state index in [2.05, 4.69) is 10.3 Å². The van der Waals surface area contributed by atoms with Gasteiger partial charge in [0.15, 0.2) is 5.11 Å². The lowest BCUT2D eigenvalue weighted by Gasteiger charge is -2.29. The summed E-state index contributed by atoms with van der Waals surface area (Å²) in [6, 6.07) is 21.4. The van der Waals surface area contributed by atoms with Gasteiger partial charge in [0.05, 0.1) is 23.9 Å². The average Bonchev–Trinajstić information content (AvgIpc) is 3.44. The first kappa shape index (κ1) is 21.4. The number of thiocarbonyl (C=S) groups is 1. The Morgan fingerprint density at radius 1 is 1.03 bits per heavy atom. The van der Waals surface area contributed by atoms with Crippen molar-refractivity contribution >= 4 is 34.6 Å². The highest BCUT2D eigenvalue weighted by Crippen LogP contribution is 2.43. The summed E-state index contributed by atoms with van der Waals surface area (Å²) in [6.07, 6.45) is 3.72. The third kappa shape index (κ3) is 3.94. The van der Waals surface area contributed by atoms with Crippen molar-refractivity contribution in [3.8, 4) is 11.4 Å². The smallest absolute Gasteiger partial charge is 0.174 e. The highest BCUT2D eigenvalue weighted by molar-refractivity contribution is 7.80. The highest BCUT2D eigenvalue weighted by Gasteiger charge is 2.42. The lowest BCUT2D eigenvalue weighted by Crippen LogP contribution is -2.30. The number of halogens is 2. The molecular weight excluding hydrogens is 459 g/mol. The molecule has 2 aromatic heterocycles. The average molecular weight is 479 g/mol. The van der Waals surface area contributed by atoms with Gasteiger partial charge in [-0.3, -0.25) is 4.98 Å². The van der Waals surface area contributed by atoms with Gasteiger partial charge in [-0.15, -0.1) is 0 Å². The van der Waals surface area contributed by atoms with Crippen LogP contribution in [0.3, 0.4) is 0 Å². The van der Waals surface area contributed by atoms with Gasteiger partial charge in [-0.2, -0.15) is 0 Å². The van der Waals surface area contributed by atoms with E-state index in [1.165, 1.54) is 12.1 Å². The van der Waals surface area contributed by atoms with E-state index in [4.69, 9.17) is 28.6 Å². The van der Waals surface area contributed by atoms with Gasteiger partial charge in [-0.05, 0) is 78.9 Å². The molecule has 0 spiro atoms. The number of methoxy groups -OCH3 is 1. The second-order valence-corrected chi connectivity index (χ2v) is 8.39.